The summed E-state index contributed by atoms with van der Waals surface area (Å²) in [4.78, 5) is 11.0. The van der Waals surface area contributed by atoms with Crippen LogP contribution in [0.3, 0.4) is 0 Å². The third-order valence-electron chi connectivity index (χ3n) is 1.87. The molecule has 0 atom stereocenters. The average Bonchev–Trinajstić information content (AvgIpc) is 2.26. The van der Waals surface area contributed by atoms with Crippen LogP contribution in [0.25, 0.3) is 0 Å². The molecule has 0 aliphatic carbocycles. The molecule has 2 N–H and O–H groups in total. The molecule has 1 amide bonds. The van der Waals surface area contributed by atoms with Gasteiger partial charge in [-0.2, -0.15) is 0 Å². The van der Waals surface area contributed by atoms with Crippen molar-refractivity contribution in [1.82, 2.24) is 0 Å². The van der Waals surface area contributed by atoms with E-state index in [4.69, 9.17) is 0 Å². The minimum absolute atomic E-state index is 0.456. The highest BCUT2D eigenvalue weighted by Gasteiger charge is 2.00. The van der Waals surface area contributed by atoms with Gasteiger partial charge in [-0.15, -0.1) is 0 Å². The number of hydrogen-bond acceptors (Lipinski definition) is 3. The monoisotopic (exact) mass is 208 g/mol. The Kier molecular flexibility index (Phi) is 4.47. The van der Waals surface area contributed by atoms with E-state index < -0.39 is 6.09 Å². The zero-order valence-electron chi connectivity index (χ0n) is 9.04. The van der Waals surface area contributed by atoms with Crippen LogP contribution in [0, 0.1) is 0 Å². The summed E-state index contributed by atoms with van der Waals surface area (Å²) >= 11 is 0. The standard InChI is InChI=1S/C11H16N2O2/c1-3-7-12-9-5-4-6-10(8-9)13-11(14)15-2/h4-6,8,12H,3,7H2,1-2H3,(H,13,14). The molecule has 0 radical (unpaired) electrons. The summed E-state index contributed by atoms with van der Waals surface area (Å²) in [6, 6.07) is 7.52. The van der Waals surface area contributed by atoms with Gasteiger partial charge < -0.3 is 10.1 Å². The number of carbonyl (C=O) groups excluding carboxylic acids is 1. The first-order valence-electron chi connectivity index (χ1n) is 4.95. The van der Waals surface area contributed by atoms with Gasteiger partial charge in [0.25, 0.3) is 0 Å². The lowest BCUT2D eigenvalue weighted by Crippen LogP contribution is -2.11. The molecule has 0 saturated carbocycles. The maximum Gasteiger partial charge on any atom is 0.411 e. The van der Waals surface area contributed by atoms with Crippen molar-refractivity contribution in [3.05, 3.63) is 24.3 Å². The molecule has 0 spiro atoms. The highest BCUT2D eigenvalue weighted by Crippen LogP contribution is 2.14. The van der Waals surface area contributed by atoms with Crippen LogP contribution in [0.5, 0.6) is 0 Å². The number of rotatable bonds is 4. The van der Waals surface area contributed by atoms with Gasteiger partial charge in [0.2, 0.25) is 0 Å². The van der Waals surface area contributed by atoms with Crippen molar-refractivity contribution in [2.45, 2.75) is 13.3 Å². The highest BCUT2D eigenvalue weighted by atomic mass is 16.5. The third-order valence-corrected chi connectivity index (χ3v) is 1.87. The summed E-state index contributed by atoms with van der Waals surface area (Å²) in [5.41, 5.74) is 1.72. The second-order valence-electron chi connectivity index (χ2n) is 3.12. The van der Waals surface area contributed by atoms with E-state index in [2.05, 4.69) is 22.3 Å². The van der Waals surface area contributed by atoms with Crippen molar-refractivity contribution < 1.29 is 9.53 Å². The number of methoxy groups -OCH3 is 1. The smallest absolute Gasteiger partial charge is 0.411 e. The minimum atomic E-state index is -0.456. The summed E-state index contributed by atoms with van der Waals surface area (Å²) in [7, 11) is 1.34. The van der Waals surface area contributed by atoms with Gasteiger partial charge in [-0.25, -0.2) is 4.79 Å². The highest BCUT2D eigenvalue weighted by molar-refractivity contribution is 5.85. The van der Waals surface area contributed by atoms with Crippen LogP contribution in [-0.4, -0.2) is 19.7 Å². The molecule has 0 bridgehead atoms. The number of anilines is 2. The fraction of sp³-hybridized carbons (Fsp3) is 0.364. The lowest BCUT2D eigenvalue weighted by molar-refractivity contribution is 0.187. The quantitative estimate of drug-likeness (QED) is 0.799. The van der Waals surface area contributed by atoms with E-state index in [0.717, 1.165) is 24.3 Å². The summed E-state index contributed by atoms with van der Waals surface area (Å²) in [5, 5.41) is 5.84. The van der Waals surface area contributed by atoms with E-state index in [1.165, 1.54) is 7.11 Å². The largest absolute Gasteiger partial charge is 0.453 e. The van der Waals surface area contributed by atoms with Gasteiger partial charge in [0.1, 0.15) is 0 Å². The first kappa shape index (κ1) is 11.4. The summed E-state index contributed by atoms with van der Waals surface area (Å²) in [6.07, 6.45) is 0.608. The Morgan fingerprint density at radius 2 is 2.13 bits per heavy atom. The molecular formula is C11H16N2O2. The SMILES string of the molecule is CCCNc1cccc(NC(=O)OC)c1. The molecule has 4 nitrogen and oxygen atoms in total. The lowest BCUT2D eigenvalue weighted by Gasteiger charge is -2.07. The number of benzene rings is 1. The molecule has 0 saturated heterocycles. The molecule has 15 heavy (non-hydrogen) atoms. The average molecular weight is 208 g/mol. The Balaban J connectivity index is 2.61. The van der Waals surface area contributed by atoms with Crippen molar-refractivity contribution in [1.29, 1.82) is 0 Å². The number of hydrogen-bond donors (Lipinski definition) is 2. The van der Waals surface area contributed by atoms with Gasteiger partial charge in [-0.3, -0.25) is 5.32 Å². The molecule has 0 fully saturated rings. The summed E-state index contributed by atoms with van der Waals surface area (Å²) < 4.78 is 4.50. The predicted octanol–water partition coefficient (Wildman–Crippen LogP) is 2.69. The van der Waals surface area contributed by atoms with E-state index in [-0.39, 0.29) is 0 Å². The van der Waals surface area contributed by atoms with E-state index >= 15 is 0 Å². The van der Waals surface area contributed by atoms with Gasteiger partial charge in [-0.05, 0) is 24.6 Å². The van der Waals surface area contributed by atoms with E-state index in [1.807, 2.05) is 24.3 Å². The van der Waals surface area contributed by atoms with E-state index in [0.29, 0.717) is 0 Å². The number of amides is 1. The Morgan fingerprint density at radius 1 is 1.40 bits per heavy atom. The van der Waals surface area contributed by atoms with E-state index in [9.17, 15) is 4.79 Å². The molecule has 82 valence electrons. The normalized spacial score (nSPS) is 9.47. The molecule has 1 aromatic rings. The third kappa shape index (κ3) is 3.89. The Morgan fingerprint density at radius 3 is 2.80 bits per heavy atom. The lowest BCUT2D eigenvalue weighted by atomic mass is 10.2. The molecule has 1 rings (SSSR count). The molecule has 0 aromatic heterocycles. The summed E-state index contributed by atoms with van der Waals surface area (Å²) in [6.45, 7) is 3.02. The fourth-order valence-electron chi connectivity index (χ4n) is 1.15. The molecule has 0 unspecified atom stereocenters. The maximum atomic E-state index is 11.0. The fourth-order valence-corrected chi connectivity index (χ4v) is 1.15. The van der Waals surface area contributed by atoms with Crippen molar-refractivity contribution >= 4 is 17.5 Å². The van der Waals surface area contributed by atoms with Crippen LogP contribution in [0.15, 0.2) is 24.3 Å². The van der Waals surface area contributed by atoms with E-state index in [1.54, 1.807) is 0 Å². The van der Waals surface area contributed by atoms with Gasteiger partial charge >= 0.3 is 6.09 Å². The molecule has 0 aliphatic rings. The minimum Gasteiger partial charge on any atom is -0.453 e. The summed E-state index contributed by atoms with van der Waals surface area (Å²) in [5.74, 6) is 0. The second kappa shape index (κ2) is 5.90. The molecule has 0 aliphatic heterocycles. The van der Waals surface area contributed by atoms with Gasteiger partial charge in [0, 0.05) is 17.9 Å². The van der Waals surface area contributed by atoms with Gasteiger partial charge in [0.15, 0.2) is 0 Å². The first-order valence-corrected chi connectivity index (χ1v) is 4.95. The van der Waals surface area contributed by atoms with Crippen LogP contribution in [0.4, 0.5) is 16.2 Å². The van der Waals surface area contributed by atoms with Gasteiger partial charge in [0.05, 0.1) is 7.11 Å². The zero-order chi connectivity index (χ0) is 11.1. The van der Waals surface area contributed by atoms with Crippen LogP contribution in [-0.2, 0) is 4.74 Å². The van der Waals surface area contributed by atoms with Crippen LogP contribution < -0.4 is 10.6 Å². The topological polar surface area (TPSA) is 50.4 Å². The first-order chi connectivity index (χ1) is 7.26. The Bertz CT molecular complexity index is 326. The maximum absolute atomic E-state index is 11.0. The molecule has 0 heterocycles. The second-order valence-corrected chi connectivity index (χ2v) is 3.12. The van der Waals surface area contributed by atoms with Crippen molar-refractivity contribution in [3.8, 4) is 0 Å². The van der Waals surface area contributed by atoms with Crippen molar-refractivity contribution in [2.75, 3.05) is 24.3 Å². The van der Waals surface area contributed by atoms with Crippen LogP contribution >= 0.6 is 0 Å². The molecule has 4 heteroatoms. The Labute approximate surface area is 89.6 Å². The molecule has 1 aromatic carbocycles. The van der Waals surface area contributed by atoms with Gasteiger partial charge in [-0.1, -0.05) is 13.0 Å². The van der Waals surface area contributed by atoms with Crippen molar-refractivity contribution in [3.63, 3.8) is 0 Å². The number of nitrogens with one attached hydrogen (secondary N) is 2. The van der Waals surface area contributed by atoms with Crippen LogP contribution in [0.2, 0.25) is 0 Å². The number of ether oxygens (including phenoxy) is 1. The molecular weight excluding hydrogens is 192 g/mol. The number of carbonyl (C=O) groups is 1. The Hall–Kier alpha value is -1.71. The van der Waals surface area contributed by atoms with Crippen LogP contribution in [0.1, 0.15) is 13.3 Å². The zero-order valence-corrected chi connectivity index (χ0v) is 9.04. The van der Waals surface area contributed by atoms with Crippen molar-refractivity contribution in [2.24, 2.45) is 0 Å². The predicted molar refractivity (Wildman–Crippen MR) is 61.3 cm³/mol.